The largest absolute Gasteiger partial charge is 0.336 e. The summed E-state index contributed by atoms with van der Waals surface area (Å²) in [6.45, 7) is 1.91. The third-order valence-electron chi connectivity index (χ3n) is 2.78. The Kier molecular flexibility index (Phi) is 2.29. The first-order valence-corrected chi connectivity index (χ1v) is 6.08. The van der Waals surface area contributed by atoms with E-state index < -0.39 is 0 Å². The first kappa shape index (κ1) is 10.5. The van der Waals surface area contributed by atoms with E-state index in [9.17, 15) is 4.79 Å². The lowest BCUT2D eigenvalue weighted by Crippen LogP contribution is -2.03. The molecule has 1 aliphatic heterocycles. The number of H-pyrrole nitrogens is 1. The third-order valence-corrected chi connectivity index (χ3v) is 3.36. The maximum Gasteiger partial charge on any atom is 0.228 e. The van der Waals surface area contributed by atoms with Crippen molar-refractivity contribution in [1.82, 2.24) is 9.97 Å². The van der Waals surface area contributed by atoms with Crippen molar-refractivity contribution < 1.29 is 4.79 Å². The monoisotopic (exact) mass is 291 g/mol. The zero-order valence-corrected chi connectivity index (χ0v) is 10.8. The first-order chi connectivity index (χ1) is 8.13. The minimum absolute atomic E-state index is 0.0504. The number of carbonyl (C=O) groups is 1. The van der Waals surface area contributed by atoms with Gasteiger partial charge in [-0.1, -0.05) is 6.07 Å². The van der Waals surface area contributed by atoms with Crippen LogP contribution in [0.15, 0.2) is 22.8 Å². The molecule has 2 aromatic rings. The van der Waals surface area contributed by atoms with Crippen molar-refractivity contribution in [3.8, 4) is 11.3 Å². The van der Waals surface area contributed by atoms with Crippen LogP contribution < -0.4 is 5.32 Å². The second-order valence-corrected chi connectivity index (χ2v) is 4.87. The van der Waals surface area contributed by atoms with Gasteiger partial charge in [0.2, 0.25) is 5.91 Å². The molecule has 2 N–H and O–H groups in total. The van der Waals surface area contributed by atoms with Gasteiger partial charge in [-0.15, -0.1) is 0 Å². The summed E-state index contributed by atoms with van der Waals surface area (Å²) in [5, 5.41) is 2.82. The van der Waals surface area contributed by atoms with Crippen LogP contribution in [-0.2, 0) is 11.2 Å². The molecule has 0 radical (unpaired) electrons. The lowest BCUT2D eigenvalue weighted by atomic mass is 10.1. The summed E-state index contributed by atoms with van der Waals surface area (Å²) >= 11 is 3.45. The number of amides is 1. The summed E-state index contributed by atoms with van der Waals surface area (Å²) in [4.78, 5) is 18.8. The molecule has 0 spiro atoms. The van der Waals surface area contributed by atoms with Crippen LogP contribution in [0.4, 0.5) is 5.69 Å². The minimum Gasteiger partial charge on any atom is -0.336 e. The topological polar surface area (TPSA) is 57.8 Å². The smallest absolute Gasteiger partial charge is 0.228 e. The number of rotatable bonds is 1. The van der Waals surface area contributed by atoms with E-state index in [0.717, 1.165) is 32.9 Å². The molecule has 3 rings (SSSR count). The Hall–Kier alpha value is -1.62. The molecule has 0 bridgehead atoms. The number of nitrogens with zero attached hydrogens (tertiary/aromatic N) is 1. The fourth-order valence-corrected chi connectivity index (χ4v) is 2.64. The van der Waals surface area contributed by atoms with Crippen LogP contribution >= 0.6 is 15.9 Å². The van der Waals surface area contributed by atoms with Crippen molar-refractivity contribution >= 4 is 27.5 Å². The molecule has 1 amide bonds. The summed E-state index contributed by atoms with van der Waals surface area (Å²) in [5.74, 6) is 0.913. The van der Waals surface area contributed by atoms with Crippen LogP contribution in [0.2, 0.25) is 0 Å². The molecule has 86 valence electrons. The van der Waals surface area contributed by atoms with E-state index in [2.05, 4.69) is 31.2 Å². The van der Waals surface area contributed by atoms with Crippen molar-refractivity contribution in [2.75, 3.05) is 5.32 Å². The fraction of sp³-hybridized carbons (Fsp3) is 0.167. The molecule has 1 aliphatic rings. The normalized spacial score (nSPS) is 13.6. The number of carbonyl (C=O) groups excluding carboxylic acids is 1. The highest BCUT2D eigenvalue weighted by molar-refractivity contribution is 9.10. The van der Waals surface area contributed by atoms with E-state index in [0.29, 0.717) is 6.42 Å². The number of aromatic nitrogens is 2. The summed E-state index contributed by atoms with van der Waals surface area (Å²) in [6.07, 6.45) is 0.449. The molecule has 5 heteroatoms. The molecule has 0 fully saturated rings. The van der Waals surface area contributed by atoms with E-state index in [1.54, 1.807) is 0 Å². The van der Waals surface area contributed by atoms with E-state index in [-0.39, 0.29) is 5.91 Å². The lowest BCUT2D eigenvalue weighted by molar-refractivity contribution is -0.115. The quantitative estimate of drug-likeness (QED) is 0.849. The van der Waals surface area contributed by atoms with Crippen molar-refractivity contribution in [1.29, 1.82) is 0 Å². The van der Waals surface area contributed by atoms with Gasteiger partial charge in [-0.2, -0.15) is 0 Å². The summed E-state index contributed by atoms with van der Waals surface area (Å²) < 4.78 is 0.868. The number of hydrogen-bond donors (Lipinski definition) is 2. The number of anilines is 1. The third kappa shape index (κ3) is 1.76. The van der Waals surface area contributed by atoms with E-state index >= 15 is 0 Å². The van der Waals surface area contributed by atoms with Gasteiger partial charge in [0, 0.05) is 11.3 Å². The number of halogens is 1. The highest BCUT2D eigenvalue weighted by atomic mass is 79.9. The van der Waals surface area contributed by atoms with Gasteiger partial charge in [0.05, 0.1) is 6.42 Å². The SMILES string of the molecule is Cc1nc(-c2ccc3c(c2)CC(=O)N3)c(Br)[nH]1. The second-order valence-electron chi connectivity index (χ2n) is 4.08. The molecule has 0 unspecified atom stereocenters. The number of benzene rings is 1. The van der Waals surface area contributed by atoms with Crippen LogP contribution in [0.3, 0.4) is 0 Å². The maximum absolute atomic E-state index is 11.3. The van der Waals surface area contributed by atoms with E-state index in [4.69, 9.17) is 0 Å². The standard InChI is InChI=1S/C12H10BrN3O/c1-6-14-11(12(13)15-6)7-2-3-9-8(4-7)5-10(17)16-9/h2-4H,5H2,1H3,(H,14,15)(H,16,17). The Morgan fingerprint density at radius 1 is 1.41 bits per heavy atom. The Bertz CT molecular complexity index is 618. The van der Waals surface area contributed by atoms with Gasteiger partial charge in [0.25, 0.3) is 0 Å². The Labute approximate surface area is 107 Å². The van der Waals surface area contributed by atoms with Gasteiger partial charge in [-0.3, -0.25) is 4.79 Å². The van der Waals surface area contributed by atoms with Crippen molar-refractivity contribution in [3.05, 3.63) is 34.2 Å². The zero-order valence-electron chi connectivity index (χ0n) is 9.17. The molecule has 0 atom stereocenters. The highest BCUT2D eigenvalue weighted by Gasteiger charge is 2.19. The Balaban J connectivity index is 2.09. The molecule has 1 aromatic carbocycles. The van der Waals surface area contributed by atoms with Gasteiger partial charge in [0.15, 0.2) is 0 Å². The van der Waals surface area contributed by atoms with Crippen LogP contribution in [-0.4, -0.2) is 15.9 Å². The van der Waals surface area contributed by atoms with Gasteiger partial charge in [0.1, 0.15) is 16.1 Å². The molecule has 4 nitrogen and oxygen atoms in total. The van der Waals surface area contributed by atoms with Crippen molar-refractivity contribution in [2.45, 2.75) is 13.3 Å². The number of fused-ring (bicyclic) bond motifs is 1. The van der Waals surface area contributed by atoms with Crippen LogP contribution in [0, 0.1) is 6.92 Å². The number of nitrogens with one attached hydrogen (secondary N) is 2. The number of imidazole rings is 1. The van der Waals surface area contributed by atoms with Gasteiger partial charge in [-0.25, -0.2) is 4.98 Å². The average Bonchev–Trinajstić information content (AvgIpc) is 2.78. The highest BCUT2D eigenvalue weighted by Crippen LogP contribution is 2.31. The van der Waals surface area contributed by atoms with Gasteiger partial charge >= 0.3 is 0 Å². The Morgan fingerprint density at radius 3 is 2.94 bits per heavy atom. The summed E-state index contributed by atoms with van der Waals surface area (Å²) in [5.41, 5.74) is 3.82. The van der Waals surface area contributed by atoms with Crippen LogP contribution in [0.1, 0.15) is 11.4 Å². The molecule has 0 aliphatic carbocycles. The molecule has 1 aromatic heterocycles. The predicted octanol–water partition coefficient (Wildman–Crippen LogP) is 2.64. The van der Waals surface area contributed by atoms with Crippen molar-refractivity contribution in [2.24, 2.45) is 0 Å². The number of aromatic amines is 1. The summed E-state index contributed by atoms with van der Waals surface area (Å²) in [7, 11) is 0. The minimum atomic E-state index is 0.0504. The zero-order chi connectivity index (χ0) is 12.0. The lowest BCUT2D eigenvalue weighted by Gasteiger charge is -2.02. The van der Waals surface area contributed by atoms with Gasteiger partial charge in [-0.05, 0) is 40.5 Å². The second kappa shape index (κ2) is 3.70. The molecular formula is C12H10BrN3O. The van der Waals surface area contributed by atoms with Crippen LogP contribution in [0.25, 0.3) is 11.3 Å². The first-order valence-electron chi connectivity index (χ1n) is 5.29. The Morgan fingerprint density at radius 2 is 2.24 bits per heavy atom. The molecule has 2 heterocycles. The average molecular weight is 292 g/mol. The fourth-order valence-electron chi connectivity index (χ4n) is 2.03. The molecule has 0 saturated carbocycles. The van der Waals surface area contributed by atoms with E-state index in [1.807, 2.05) is 25.1 Å². The molecular weight excluding hydrogens is 282 g/mol. The number of hydrogen-bond acceptors (Lipinski definition) is 2. The van der Waals surface area contributed by atoms with Crippen LogP contribution in [0.5, 0.6) is 0 Å². The van der Waals surface area contributed by atoms with Gasteiger partial charge < -0.3 is 10.3 Å². The molecule has 17 heavy (non-hydrogen) atoms. The maximum atomic E-state index is 11.3. The molecule has 0 saturated heterocycles. The predicted molar refractivity (Wildman–Crippen MR) is 68.8 cm³/mol. The number of aryl methyl sites for hydroxylation is 1. The van der Waals surface area contributed by atoms with E-state index in [1.165, 1.54) is 0 Å². The summed E-state index contributed by atoms with van der Waals surface area (Å²) in [6, 6.07) is 5.89. The van der Waals surface area contributed by atoms with Crippen molar-refractivity contribution in [3.63, 3.8) is 0 Å².